The molecule has 0 spiro atoms. The minimum absolute atomic E-state index is 0.0871. The van der Waals surface area contributed by atoms with Gasteiger partial charge >= 0.3 is 5.91 Å². The average Bonchev–Trinajstić information content (AvgIpc) is 3.23. The highest BCUT2D eigenvalue weighted by atomic mass is 35.5. The van der Waals surface area contributed by atoms with Crippen LogP contribution in [0, 0.1) is 12.8 Å². The quantitative estimate of drug-likeness (QED) is 0.447. The lowest BCUT2D eigenvalue weighted by Gasteiger charge is -2.16. The zero-order valence-corrected chi connectivity index (χ0v) is 19.8. The predicted molar refractivity (Wildman–Crippen MR) is 127 cm³/mol. The molecule has 7 nitrogen and oxygen atoms in total. The maximum Gasteiger partial charge on any atom is 0.326 e. The van der Waals surface area contributed by atoms with Crippen molar-refractivity contribution in [2.24, 2.45) is 5.92 Å². The summed E-state index contributed by atoms with van der Waals surface area (Å²) < 4.78 is 3.01. The molecule has 170 valence electrons. The van der Waals surface area contributed by atoms with E-state index in [0.29, 0.717) is 22.8 Å². The number of pyridine rings is 1. The highest BCUT2D eigenvalue weighted by molar-refractivity contribution is 6.44. The van der Waals surface area contributed by atoms with Crippen molar-refractivity contribution in [3.8, 4) is 5.69 Å². The number of benzene rings is 1. The van der Waals surface area contributed by atoms with Gasteiger partial charge in [-0.1, -0.05) is 32.4 Å². The fourth-order valence-corrected chi connectivity index (χ4v) is 4.10. The number of H-pyrrole nitrogens is 1. The number of rotatable bonds is 6. The van der Waals surface area contributed by atoms with Crippen LogP contribution in [-0.4, -0.2) is 33.0 Å². The first kappa shape index (κ1) is 22.7. The van der Waals surface area contributed by atoms with Crippen LogP contribution in [0.4, 0.5) is 0 Å². The minimum atomic E-state index is -0.453. The molecule has 3 heterocycles. The molecule has 1 aliphatic rings. The van der Waals surface area contributed by atoms with Crippen LogP contribution < -0.4 is 10.1 Å². The van der Waals surface area contributed by atoms with Crippen LogP contribution in [0.5, 0.6) is 0 Å². The number of hydrogen-bond donors (Lipinski definition) is 1. The zero-order chi connectivity index (χ0) is 23.9. The molecule has 4 rings (SSSR count). The van der Waals surface area contributed by atoms with Crippen LogP contribution in [0.2, 0.25) is 5.02 Å². The summed E-state index contributed by atoms with van der Waals surface area (Å²) in [4.78, 5) is 41.8. The van der Waals surface area contributed by atoms with E-state index in [1.165, 1.54) is 9.58 Å². The fourth-order valence-electron chi connectivity index (χ4n) is 3.98. The van der Waals surface area contributed by atoms with E-state index in [2.05, 4.69) is 5.10 Å². The van der Waals surface area contributed by atoms with Gasteiger partial charge in [-0.15, -0.1) is 0 Å². The number of imide groups is 1. The van der Waals surface area contributed by atoms with E-state index in [1.54, 1.807) is 41.2 Å². The molecule has 0 saturated heterocycles. The highest BCUT2D eigenvalue weighted by Crippen LogP contribution is 2.30. The summed E-state index contributed by atoms with van der Waals surface area (Å²) in [6.07, 6.45) is 3.96. The maximum absolute atomic E-state index is 13.6. The third-order valence-electron chi connectivity index (χ3n) is 5.60. The standard InChI is InChI=1S/C25H25ClN4O3/c1-5-19-20(24(32)30(27-19)18-8-6-17(26)7-9-18)21-22(28-12-10-16(4)11-13-28)25(33)29(23(21)31)14-15(2)3/h6-13,15H,5,14H2,1-4H3/p+1. The number of hydrogen-bond acceptors (Lipinski definition) is 3. The molecule has 1 aromatic carbocycles. The lowest BCUT2D eigenvalue weighted by atomic mass is 10.0. The van der Waals surface area contributed by atoms with Gasteiger partial charge in [-0.3, -0.25) is 24.4 Å². The van der Waals surface area contributed by atoms with Crippen LogP contribution in [0.25, 0.3) is 17.0 Å². The number of aromatic nitrogens is 3. The third kappa shape index (κ3) is 4.04. The molecule has 0 radical (unpaired) electrons. The van der Waals surface area contributed by atoms with E-state index in [0.717, 1.165) is 5.56 Å². The Balaban J connectivity index is 1.98. The molecule has 33 heavy (non-hydrogen) atoms. The number of nitrogens with one attached hydrogen (secondary N) is 1. The van der Waals surface area contributed by atoms with Crippen molar-refractivity contribution in [1.82, 2.24) is 14.7 Å². The average molecular weight is 466 g/mol. The van der Waals surface area contributed by atoms with Gasteiger partial charge in [0.05, 0.1) is 11.3 Å². The number of halogens is 1. The summed E-state index contributed by atoms with van der Waals surface area (Å²) in [7, 11) is 0. The molecule has 1 N–H and O–H groups in total. The second kappa shape index (κ2) is 8.83. The van der Waals surface area contributed by atoms with Crippen LogP contribution in [-0.2, 0) is 16.0 Å². The van der Waals surface area contributed by atoms with Crippen LogP contribution in [0.1, 0.15) is 37.6 Å². The molecule has 0 unspecified atom stereocenters. The van der Waals surface area contributed by atoms with Crippen molar-refractivity contribution < 1.29 is 14.2 Å². The lowest BCUT2D eigenvalue weighted by Crippen LogP contribution is -2.40. The Bertz CT molecular complexity index is 1320. The SMILES string of the molecule is CCc1[nH]n(-c2ccc(Cl)cc2)c(=O)c1C1=C([n+]2ccc(C)cc2)C(=O)N(CC(C)C)C1=O. The number of carbonyl (C=O) groups excluding carboxylic acids is 2. The monoisotopic (exact) mass is 465 g/mol. The van der Waals surface area contributed by atoms with Gasteiger partial charge in [-0.2, -0.15) is 4.57 Å². The summed E-state index contributed by atoms with van der Waals surface area (Å²) in [5.74, 6) is -0.770. The van der Waals surface area contributed by atoms with Crippen molar-refractivity contribution in [1.29, 1.82) is 0 Å². The predicted octanol–water partition coefficient (Wildman–Crippen LogP) is 3.37. The Morgan fingerprint density at radius 3 is 2.21 bits per heavy atom. The van der Waals surface area contributed by atoms with Crippen LogP contribution in [0.3, 0.4) is 0 Å². The van der Waals surface area contributed by atoms with Gasteiger partial charge in [-0.05, 0) is 49.1 Å². The Labute approximate surface area is 196 Å². The molecule has 0 atom stereocenters. The molecular weight excluding hydrogens is 440 g/mol. The molecule has 1 aliphatic heterocycles. The van der Waals surface area contributed by atoms with Crippen LogP contribution >= 0.6 is 11.6 Å². The minimum Gasteiger partial charge on any atom is -0.294 e. The van der Waals surface area contributed by atoms with E-state index in [-0.39, 0.29) is 34.9 Å². The number of aromatic amines is 1. The maximum atomic E-state index is 13.6. The van der Waals surface area contributed by atoms with Gasteiger partial charge in [0.15, 0.2) is 12.4 Å². The van der Waals surface area contributed by atoms with E-state index in [1.807, 2.05) is 39.8 Å². The van der Waals surface area contributed by atoms with E-state index < -0.39 is 11.8 Å². The van der Waals surface area contributed by atoms with Crippen molar-refractivity contribution in [3.63, 3.8) is 0 Å². The molecule has 8 heteroatoms. The molecule has 3 aromatic rings. The van der Waals surface area contributed by atoms with Crippen LogP contribution in [0.15, 0.2) is 53.6 Å². The molecule has 0 aliphatic carbocycles. The molecule has 2 amide bonds. The van der Waals surface area contributed by atoms with Gasteiger partial charge < -0.3 is 0 Å². The normalized spacial score (nSPS) is 14.2. The second-order valence-electron chi connectivity index (χ2n) is 8.56. The van der Waals surface area contributed by atoms with Crippen molar-refractivity contribution in [2.75, 3.05) is 6.54 Å². The smallest absolute Gasteiger partial charge is 0.294 e. The fraction of sp³-hybridized carbons (Fsp3) is 0.280. The summed E-state index contributed by atoms with van der Waals surface area (Å²) in [5, 5.41) is 3.67. The van der Waals surface area contributed by atoms with E-state index in [4.69, 9.17) is 11.6 Å². The first-order valence-corrected chi connectivity index (χ1v) is 11.3. The summed E-state index contributed by atoms with van der Waals surface area (Å²) >= 11 is 6.00. The van der Waals surface area contributed by atoms with Gasteiger partial charge in [-0.25, -0.2) is 4.68 Å². The largest absolute Gasteiger partial charge is 0.326 e. The van der Waals surface area contributed by atoms with Gasteiger partial charge in [0.1, 0.15) is 5.57 Å². The second-order valence-corrected chi connectivity index (χ2v) is 8.99. The lowest BCUT2D eigenvalue weighted by molar-refractivity contribution is -0.577. The number of carbonyl (C=O) groups is 2. The Kier molecular flexibility index (Phi) is 6.08. The van der Waals surface area contributed by atoms with Crippen molar-refractivity contribution in [3.05, 3.63) is 81.0 Å². The molecular formula is C25H26ClN4O3+. The zero-order valence-electron chi connectivity index (χ0n) is 19.1. The number of amides is 2. The third-order valence-corrected chi connectivity index (χ3v) is 5.85. The highest BCUT2D eigenvalue weighted by Gasteiger charge is 2.47. The Morgan fingerprint density at radius 2 is 1.64 bits per heavy atom. The molecule has 2 aromatic heterocycles. The Morgan fingerprint density at radius 1 is 1.00 bits per heavy atom. The number of aryl methyl sites for hydroxylation is 2. The summed E-state index contributed by atoms with van der Waals surface area (Å²) in [6, 6.07) is 10.5. The van der Waals surface area contributed by atoms with E-state index in [9.17, 15) is 14.4 Å². The van der Waals surface area contributed by atoms with E-state index >= 15 is 0 Å². The molecule has 0 bridgehead atoms. The first-order valence-electron chi connectivity index (χ1n) is 10.9. The van der Waals surface area contributed by atoms with Gasteiger partial charge in [0.25, 0.3) is 17.2 Å². The Hall–Kier alpha value is -3.45. The molecule has 0 fully saturated rings. The van der Waals surface area contributed by atoms with Crippen molar-refractivity contribution >= 4 is 34.7 Å². The van der Waals surface area contributed by atoms with Gasteiger partial charge in [0.2, 0.25) is 0 Å². The first-order chi connectivity index (χ1) is 15.7. The summed E-state index contributed by atoms with van der Waals surface area (Å²) in [6.45, 7) is 8.00. The topological polar surface area (TPSA) is 79.1 Å². The number of nitrogens with zero attached hydrogens (tertiary/aromatic N) is 3. The summed E-state index contributed by atoms with van der Waals surface area (Å²) in [5.41, 5.74) is 2.34. The van der Waals surface area contributed by atoms with Crippen molar-refractivity contribution in [2.45, 2.75) is 34.1 Å². The van der Waals surface area contributed by atoms with Gasteiger partial charge in [0, 0.05) is 29.4 Å². The molecule has 0 saturated carbocycles.